The molecule has 5 nitrogen and oxygen atoms in total. The van der Waals surface area contributed by atoms with E-state index in [0.29, 0.717) is 16.1 Å². The summed E-state index contributed by atoms with van der Waals surface area (Å²) >= 11 is 1.30. The molecule has 2 rings (SSSR count). The minimum Gasteiger partial charge on any atom is -0.465 e. The van der Waals surface area contributed by atoms with Crippen LogP contribution in [0.3, 0.4) is 0 Å². The van der Waals surface area contributed by atoms with Gasteiger partial charge in [0.05, 0.1) is 12.7 Å². The number of esters is 1. The SMILES string of the molecule is COC(=O)c1c(NC(=O)C[NH2+][C@H](C)c2ccc(F)cc2F)sc(C)c1C. The van der Waals surface area contributed by atoms with Crippen LogP contribution in [0.5, 0.6) is 0 Å². The number of benzene rings is 1. The molecule has 26 heavy (non-hydrogen) atoms. The Balaban J connectivity index is 2.03. The molecule has 1 amide bonds. The average Bonchev–Trinajstić information content (AvgIpc) is 2.86. The Labute approximate surface area is 154 Å². The Morgan fingerprint density at radius 3 is 2.62 bits per heavy atom. The maximum Gasteiger partial charge on any atom is 0.341 e. The summed E-state index contributed by atoms with van der Waals surface area (Å²) in [5.74, 6) is -2.12. The highest BCUT2D eigenvalue weighted by atomic mass is 32.1. The number of hydrogen-bond acceptors (Lipinski definition) is 4. The van der Waals surface area contributed by atoms with Crippen molar-refractivity contribution in [3.63, 3.8) is 0 Å². The summed E-state index contributed by atoms with van der Waals surface area (Å²) in [6.07, 6.45) is 0. The van der Waals surface area contributed by atoms with E-state index in [2.05, 4.69) is 5.32 Å². The largest absolute Gasteiger partial charge is 0.465 e. The third-order valence-corrected chi connectivity index (χ3v) is 5.26. The van der Waals surface area contributed by atoms with Gasteiger partial charge >= 0.3 is 5.97 Å². The van der Waals surface area contributed by atoms with Crippen molar-refractivity contribution < 1.29 is 28.4 Å². The predicted molar refractivity (Wildman–Crippen MR) is 95.3 cm³/mol. The number of ether oxygens (including phenoxy) is 1. The fraction of sp³-hybridized carbons (Fsp3) is 0.333. The van der Waals surface area contributed by atoms with Crippen molar-refractivity contribution >= 4 is 28.2 Å². The van der Waals surface area contributed by atoms with Gasteiger partial charge in [-0.1, -0.05) is 0 Å². The monoisotopic (exact) mass is 383 g/mol. The summed E-state index contributed by atoms with van der Waals surface area (Å²) in [4.78, 5) is 25.1. The van der Waals surface area contributed by atoms with Crippen LogP contribution in [0, 0.1) is 25.5 Å². The summed E-state index contributed by atoms with van der Waals surface area (Å²) in [7, 11) is 1.28. The van der Waals surface area contributed by atoms with Crippen molar-refractivity contribution in [1.82, 2.24) is 0 Å². The highest BCUT2D eigenvalue weighted by Crippen LogP contribution is 2.32. The van der Waals surface area contributed by atoms with Crippen LogP contribution in [0.2, 0.25) is 0 Å². The van der Waals surface area contributed by atoms with Gasteiger partial charge in [-0.15, -0.1) is 11.3 Å². The Kier molecular flexibility index (Phi) is 6.44. The molecule has 0 radical (unpaired) electrons. The number of aryl methyl sites for hydroxylation is 1. The summed E-state index contributed by atoms with van der Waals surface area (Å²) in [5, 5.41) is 4.78. The molecule has 0 unspecified atom stereocenters. The van der Waals surface area contributed by atoms with Gasteiger partial charge in [-0.25, -0.2) is 13.6 Å². The van der Waals surface area contributed by atoms with Crippen LogP contribution < -0.4 is 10.6 Å². The fourth-order valence-corrected chi connectivity index (χ4v) is 3.59. The second-order valence-corrected chi connectivity index (χ2v) is 7.15. The maximum atomic E-state index is 13.8. The number of nitrogens with two attached hydrogens (primary N) is 1. The first-order valence-corrected chi connectivity index (χ1v) is 8.82. The number of carbonyl (C=O) groups excluding carboxylic acids is 2. The summed E-state index contributed by atoms with van der Waals surface area (Å²) < 4.78 is 31.5. The number of thiophene rings is 1. The quantitative estimate of drug-likeness (QED) is 0.754. The molecule has 1 heterocycles. The van der Waals surface area contributed by atoms with E-state index in [4.69, 9.17) is 4.74 Å². The first kappa shape index (κ1) is 20.0. The van der Waals surface area contributed by atoms with Crippen LogP contribution in [0.1, 0.15) is 39.3 Å². The molecule has 1 atom stereocenters. The molecule has 0 bridgehead atoms. The highest BCUT2D eigenvalue weighted by molar-refractivity contribution is 7.16. The lowest BCUT2D eigenvalue weighted by atomic mass is 10.1. The summed E-state index contributed by atoms with van der Waals surface area (Å²) in [6.45, 7) is 5.39. The fourth-order valence-electron chi connectivity index (χ4n) is 2.52. The number of hydrogen-bond donors (Lipinski definition) is 2. The maximum absolute atomic E-state index is 13.8. The molecule has 3 N–H and O–H groups in total. The molecular weight excluding hydrogens is 362 g/mol. The van der Waals surface area contributed by atoms with E-state index in [1.165, 1.54) is 30.6 Å². The van der Waals surface area contributed by atoms with Crippen molar-refractivity contribution in [3.05, 3.63) is 51.4 Å². The molecule has 8 heteroatoms. The molecule has 0 aliphatic carbocycles. The van der Waals surface area contributed by atoms with Crippen LogP contribution in [-0.4, -0.2) is 25.5 Å². The zero-order chi connectivity index (χ0) is 19.4. The minimum atomic E-state index is -0.647. The van der Waals surface area contributed by atoms with Crippen LogP contribution in [0.25, 0.3) is 0 Å². The first-order chi connectivity index (χ1) is 12.2. The van der Waals surface area contributed by atoms with E-state index in [0.717, 1.165) is 16.5 Å². The standard InChI is InChI=1S/C18H20F2N2O3S/c1-9-11(3)26-17(16(9)18(24)25-4)22-15(23)8-21-10(2)13-6-5-12(19)7-14(13)20/h5-7,10,21H,8H2,1-4H3,(H,22,23)/p+1/t10-/m1/s1. The molecule has 0 aliphatic rings. The average molecular weight is 383 g/mol. The molecule has 0 aliphatic heterocycles. The number of nitrogens with one attached hydrogen (secondary N) is 1. The van der Waals surface area contributed by atoms with Crippen LogP contribution in [0.15, 0.2) is 18.2 Å². The van der Waals surface area contributed by atoms with Crippen molar-refractivity contribution in [2.45, 2.75) is 26.8 Å². The van der Waals surface area contributed by atoms with Crippen LogP contribution >= 0.6 is 11.3 Å². The Bertz CT molecular complexity index is 836. The molecule has 0 saturated heterocycles. The number of quaternary nitrogens is 1. The molecule has 1 aromatic carbocycles. The second-order valence-electron chi connectivity index (χ2n) is 5.92. The molecular formula is C18H21F2N2O3S+. The van der Waals surface area contributed by atoms with Gasteiger partial charge < -0.3 is 15.4 Å². The molecule has 140 valence electrons. The summed E-state index contributed by atoms with van der Waals surface area (Å²) in [5.41, 5.74) is 1.43. The molecule has 1 aromatic heterocycles. The lowest BCUT2D eigenvalue weighted by molar-refractivity contribution is -0.682. The summed E-state index contributed by atoms with van der Waals surface area (Å²) in [6, 6.07) is 3.00. The molecule has 2 aromatic rings. The molecule has 0 saturated carbocycles. The van der Waals surface area contributed by atoms with Gasteiger partial charge in [-0.05, 0) is 38.5 Å². The lowest BCUT2D eigenvalue weighted by Gasteiger charge is -2.12. The molecule has 0 spiro atoms. The van der Waals surface area contributed by atoms with E-state index in [9.17, 15) is 18.4 Å². The third-order valence-electron chi connectivity index (χ3n) is 4.14. The number of carbonyl (C=O) groups is 2. The zero-order valence-corrected chi connectivity index (χ0v) is 15.8. The van der Waals surface area contributed by atoms with Crippen molar-refractivity contribution in [2.24, 2.45) is 0 Å². The van der Waals surface area contributed by atoms with Gasteiger partial charge in [0.15, 0.2) is 6.54 Å². The second kappa shape index (κ2) is 8.37. The third kappa shape index (κ3) is 4.44. The van der Waals surface area contributed by atoms with Crippen LogP contribution in [-0.2, 0) is 9.53 Å². The minimum absolute atomic E-state index is 0.0224. The zero-order valence-electron chi connectivity index (χ0n) is 15.0. The van der Waals surface area contributed by atoms with E-state index in [1.54, 1.807) is 19.2 Å². The van der Waals surface area contributed by atoms with E-state index in [-0.39, 0.29) is 18.5 Å². The van der Waals surface area contributed by atoms with Gasteiger partial charge in [0.25, 0.3) is 5.91 Å². The van der Waals surface area contributed by atoms with Gasteiger partial charge in [0.1, 0.15) is 22.7 Å². The molecule has 0 fully saturated rings. The highest BCUT2D eigenvalue weighted by Gasteiger charge is 2.22. The normalized spacial score (nSPS) is 11.9. The predicted octanol–water partition coefficient (Wildman–Crippen LogP) is 2.69. The van der Waals surface area contributed by atoms with Crippen molar-refractivity contribution in [2.75, 3.05) is 19.0 Å². The lowest BCUT2D eigenvalue weighted by Crippen LogP contribution is -2.86. The van der Waals surface area contributed by atoms with Crippen molar-refractivity contribution in [3.8, 4) is 0 Å². The van der Waals surface area contributed by atoms with E-state index >= 15 is 0 Å². The van der Waals surface area contributed by atoms with Gasteiger partial charge in [-0.3, -0.25) is 4.79 Å². The van der Waals surface area contributed by atoms with Gasteiger partial charge in [0, 0.05) is 16.5 Å². The number of anilines is 1. The first-order valence-electron chi connectivity index (χ1n) is 8.01. The van der Waals surface area contributed by atoms with E-state index in [1.807, 2.05) is 6.92 Å². The Hall–Kier alpha value is -2.32. The van der Waals surface area contributed by atoms with E-state index < -0.39 is 17.6 Å². The number of methoxy groups -OCH3 is 1. The van der Waals surface area contributed by atoms with Crippen LogP contribution in [0.4, 0.5) is 13.8 Å². The van der Waals surface area contributed by atoms with Gasteiger partial charge in [-0.2, -0.15) is 0 Å². The number of halogens is 2. The topological polar surface area (TPSA) is 72.0 Å². The Morgan fingerprint density at radius 1 is 1.31 bits per heavy atom. The number of rotatable bonds is 6. The van der Waals surface area contributed by atoms with Gasteiger partial charge in [0.2, 0.25) is 0 Å². The Morgan fingerprint density at radius 2 is 2.00 bits per heavy atom. The van der Waals surface area contributed by atoms with Crippen molar-refractivity contribution in [1.29, 1.82) is 0 Å². The smallest absolute Gasteiger partial charge is 0.341 e. The number of amides is 1.